The Morgan fingerprint density at radius 2 is 1.64 bits per heavy atom. The van der Waals surface area contributed by atoms with E-state index in [1.807, 2.05) is 0 Å². The van der Waals surface area contributed by atoms with Crippen LogP contribution in [0.25, 0.3) is 0 Å². The molecule has 0 radical (unpaired) electrons. The number of piperazine rings is 1. The molecule has 1 aliphatic heterocycles. The minimum Gasteiger partial charge on any atom is -0.336 e. The van der Waals surface area contributed by atoms with Gasteiger partial charge in [0.15, 0.2) is 0 Å². The zero-order valence-electron chi connectivity index (χ0n) is 14.4. The fourth-order valence-electron chi connectivity index (χ4n) is 3.02. The third kappa shape index (κ3) is 4.19. The number of carbonyl (C=O) groups excluding carboxylic acids is 2. The van der Waals surface area contributed by atoms with E-state index in [9.17, 15) is 18.0 Å². The fraction of sp³-hybridized carbons (Fsp3) is 0.529. The number of nitrogens with one attached hydrogen (secondary N) is 1. The number of hydrogen-bond donors (Lipinski definition) is 1. The molecule has 0 aromatic heterocycles. The van der Waals surface area contributed by atoms with E-state index in [0.29, 0.717) is 43.3 Å². The van der Waals surface area contributed by atoms with Crippen molar-refractivity contribution in [3.63, 3.8) is 0 Å². The van der Waals surface area contributed by atoms with E-state index in [2.05, 4.69) is 12.2 Å². The summed E-state index contributed by atoms with van der Waals surface area (Å²) >= 11 is 0. The first-order chi connectivity index (χ1) is 11.8. The number of rotatable bonds is 4. The van der Waals surface area contributed by atoms with Gasteiger partial charge in [-0.15, -0.1) is 0 Å². The van der Waals surface area contributed by atoms with E-state index < -0.39 is 10.0 Å². The first-order valence-corrected chi connectivity index (χ1v) is 10.3. The Morgan fingerprint density at radius 1 is 1.08 bits per heavy atom. The molecule has 3 rings (SSSR count). The number of hydrogen-bond acceptors (Lipinski definition) is 4. The summed E-state index contributed by atoms with van der Waals surface area (Å²) in [5.74, 6) is 0.462. The van der Waals surface area contributed by atoms with Gasteiger partial charge in [-0.2, -0.15) is 4.31 Å². The van der Waals surface area contributed by atoms with E-state index in [4.69, 9.17) is 0 Å². The van der Waals surface area contributed by atoms with Gasteiger partial charge in [0.1, 0.15) is 0 Å². The maximum Gasteiger partial charge on any atom is 0.253 e. The van der Waals surface area contributed by atoms with Gasteiger partial charge in [0, 0.05) is 43.3 Å². The van der Waals surface area contributed by atoms with Crippen molar-refractivity contribution in [2.75, 3.05) is 37.8 Å². The normalized spacial score (nSPS) is 24.0. The smallest absolute Gasteiger partial charge is 0.253 e. The standard InChI is InChI=1S/C17H23N3O4S/c1-12-11-15(12)16(21)18-14-5-3-13(4-6-14)17(22)19-7-9-20(10-8-19)25(2,23)24/h3-6,12,15H,7-11H2,1-2H3,(H,18,21). The molecule has 1 aromatic rings. The van der Waals surface area contributed by atoms with Crippen LogP contribution in [0.2, 0.25) is 0 Å². The summed E-state index contributed by atoms with van der Waals surface area (Å²) < 4.78 is 24.4. The number of nitrogens with zero attached hydrogens (tertiary/aromatic N) is 2. The first kappa shape index (κ1) is 17.9. The lowest BCUT2D eigenvalue weighted by atomic mass is 10.1. The highest BCUT2D eigenvalue weighted by Crippen LogP contribution is 2.38. The van der Waals surface area contributed by atoms with Crippen LogP contribution in [0.4, 0.5) is 5.69 Å². The summed E-state index contributed by atoms with van der Waals surface area (Å²) in [6.45, 7) is 3.44. The lowest BCUT2D eigenvalue weighted by Crippen LogP contribution is -2.50. The number of sulfonamides is 1. The Hall–Kier alpha value is -1.93. The second-order valence-corrected chi connectivity index (χ2v) is 8.82. The van der Waals surface area contributed by atoms with Crippen molar-refractivity contribution in [2.24, 2.45) is 11.8 Å². The Labute approximate surface area is 148 Å². The molecule has 1 N–H and O–H groups in total. The number of benzene rings is 1. The van der Waals surface area contributed by atoms with Crippen LogP contribution in [-0.2, 0) is 14.8 Å². The van der Waals surface area contributed by atoms with Crippen molar-refractivity contribution in [2.45, 2.75) is 13.3 Å². The second kappa shape index (κ2) is 6.76. The van der Waals surface area contributed by atoms with Crippen LogP contribution in [0.3, 0.4) is 0 Å². The van der Waals surface area contributed by atoms with E-state index in [0.717, 1.165) is 6.42 Å². The topological polar surface area (TPSA) is 86.8 Å². The van der Waals surface area contributed by atoms with E-state index in [-0.39, 0.29) is 17.7 Å². The van der Waals surface area contributed by atoms with Crippen LogP contribution in [0, 0.1) is 11.8 Å². The molecule has 1 aliphatic carbocycles. The number of anilines is 1. The molecule has 2 unspecified atom stereocenters. The molecule has 0 spiro atoms. The van der Waals surface area contributed by atoms with Gasteiger partial charge in [0.05, 0.1) is 6.26 Å². The molecule has 8 heteroatoms. The van der Waals surface area contributed by atoms with Crippen LogP contribution in [0.1, 0.15) is 23.7 Å². The van der Waals surface area contributed by atoms with E-state index in [1.165, 1.54) is 10.6 Å². The van der Waals surface area contributed by atoms with E-state index in [1.54, 1.807) is 29.2 Å². The maximum atomic E-state index is 12.5. The van der Waals surface area contributed by atoms with Gasteiger partial charge in [-0.3, -0.25) is 9.59 Å². The molecular formula is C17H23N3O4S. The Kier molecular flexibility index (Phi) is 4.83. The summed E-state index contributed by atoms with van der Waals surface area (Å²) in [5, 5.41) is 2.87. The fourth-order valence-corrected chi connectivity index (χ4v) is 3.85. The molecule has 1 heterocycles. The number of carbonyl (C=O) groups is 2. The molecule has 2 aliphatic rings. The molecular weight excluding hydrogens is 342 g/mol. The predicted molar refractivity (Wildman–Crippen MR) is 94.7 cm³/mol. The SMILES string of the molecule is CC1CC1C(=O)Nc1ccc(C(=O)N2CCN(S(C)(=O)=O)CC2)cc1. The van der Waals surface area contributed by atoms with Crippen LogP contribution >= 0.6 is 0 Å². The van der Waals surface area contributed by atoms with Crippen LogP contribution < -0.4 is 5.32 Å². The highest BCUT2D eigenvalue weighted by molar-refractivity contribution is 7.88. The molecule has 0 bridgehead atoms. The van der Waals surface area contributed by atoms with Crippen molar-refractivity contribution in [1.82, 2.24) is 9.21 Å². The third-order valence-corrected chi connectivity index (χ3v) is 6.14. The van der Waals surface area contributed by atoms with Crippen molar-refractivity contribution in [1.29, 1.82) is 0 Å². The molecule has 1 saturated heterocycles. The van der Waals surface area contributed by atoms with Crippen LogP contribution in [-0.4, -0.2) is 61.9 Å². The molecule has 7 nitrogen and oxygen atoms in total. The summed E-state index contributed by atoms with van der Waals surface area (Å²) in [5.41, 5.74) is 1.22. The van der Waals surface area contributed by atoms with Crippen molar-refractivity contribution in [3.8, 4) is 0 Å². The average molecular weight is 365 g/mol. The monoisotopic (exact) mass is 365 g/mol. The minimum absolute atomic E-state index is 0.0310. The largest absolute Gasteiger partial charge is 0.336 e. The van der Waals surface area contributed by atoms with E-state index >= 15 is 0 Å². The summed E-state index contributed by atoms with van der Waals surface area (Å²) in [7, 11) is -3.21. The van der Waals surface area contributed by atoms with Crippen molar-refractivity contribution in [3.05, 3.63) is 29.8 Å². The van der Waals surface area contributed by atoms with Crippen molar-refractivity contribution >= 4 is 27.5 Å². The Bertz CT molecular complexity index is 768. The maximum absolute atomic E-state index is 12.5. The molecule has 1 saturated carbocycles. The average Bonchev–Trinajstić information content (AvgIpc) is 3.31. The molecule has 1 aromatic carbocycles. The summed E-state index contributed by atoms with van der Waals surface area (Å²) in [6.07, 6.45) is 2.11. The highest BCUT2D eigenvalue weighted by Gasteiger charge is 2.39. The zero-order valence-corrected chi connectivity index (χ0v) is 15.3. The first-order valence-electron chi connectivity index (χ1n) is 8.41. The molecule has 136 valence electrons. The third-order valence-electron chi connectivity index (χ3n) is 4.84. The lowest BCUT2D eigenvalue weighted by Gasteiger charge is -2.33. The highest BCUT2D eigenvalue weighted by atomic mass is 32.2. The van der Waals surface area contributed by atoms with Gasteiger partial charge < -0.3 is 10.2 Å². The number of amides is 2. The molecule has 25 heavy (non-hydrogen) atoms. The Morgan fingerprint density at radius 3 is 2.12 bits per heavy atom. The lowest BCUT2D eigenvalue weighted by molar-refractivity contribution is -0.117. The quantitative estimate of drug-likeness (QED) is 0.862. The summed E-state index contributed by atoms with van der Waals surface area (Å²) in [6, 6.07) is 6.84. The molecule has 2 fully saturated rings. The summed E-state index contributed by atoms with van der Waals surface area (Å²) in [4.78, 5) is 26.1. The van der Waals surface area contributed by atoms with Gasteiger partial charge >= 0.3 is 0 Å². The van der Waals surface area contributed by atoms with Crippen LogP contribution in [0.15, 0.2) is 24.3 Å². The Balaban J connectivity index is 1.57. The zero-order chi connectivity index (χ0) is 18.2. The van der Waals surface area contributed by atoms with Gasteiger partial charge in [-0.1, -0.05) is 6.92 Å². The van der Waals surface area contributed by atoms with Gasteiger partial charge in [0.2, 0.25) is 15.9 Å². The molecule has 2 amide bonds. The van der Waals surface area contributed by atoms with Gasteiger partial charge in [-0.25, -0.2) is 8.42 Å². The van der Waals surface area contributed by atoms with Gasteiger partial charge in [0.25, 0.3) is 5.91 Å². The second-order valence-electron chi connectivity index (χ2n) is 6.84. The van der Waals surface area contributed by atoms with Crippen LogP contribution in [0.5, 0.6) is 0 Å². The molecule has 2 atom stereocenters. The minimum atomic E-state index is -3.21. The van der Waals surface area contributed by atoms with Gasteiger partial charge in [-0.05, 0) is 36.6 Å². The predicted octanol–water partition coefficient (Wildman–Crippen LogP) is 0.999. The van der Waals surface area contributed by atoms with Crippen molar-refractivity contribution < 1.29 is 18.0 Å².